The Morgan fingerprint density at radius 2 is 1.94 bits per heavy atom. The van der Waals surface area contributed by atoms with Gasteiger partial charge in [0.25, 0.3) is 5.91 Å². The SMILES string of the molecule is Cc1c(-c2ccc(Cl)cc2Cl)nc2ccccc2c1C(=O)Nc1sc2c(c1C#N)CCCC2. The molecule has 0 aliphatic heterocycles. The number of hydrogen-bond acceptors (Lipinski definition) is 4. The van der Waals surface area contributed by atoms with Crippen LogP contribution in [-0.2, 0) is 12.8 Å². The lowest BCUT2D eigenvalue weighted by atomic mass is 9.95. The second-order valence-corrected chi connectivity index (χ2v) is 10.0. The van der Waals surface area contributed by atoms with Crippen molar-refractivity contribution in [3.8, 4) is 17.3 Å². The van der Waals surface area contributed by atoms with Gasteiger partial charge in [-0.25, -0.2) is 4.98 Å². The van der Waals surface area contributed by atoms with E-state index in [1.54, 1.807) is 12.1 Å². The number of aromatic nitrogens is 1. The Morgan fingerprint density at radius 3 is 2.73 bits per heavy atom. The Bertz CT molecular complexity index is 1470. The zero-order chi connectivity index (χ0) is 23.1. The largest absolute Gasteiger partial charge is 0.312 e. The molecule has 0 fully saturated rings. The number of thiophene rings is 1. The number of para-hydroxylation sites is 1. The highest BCUT2D eigenvalue weighted by atomic mass is 35.5. The lowest BCUT2D eigenvalue weighted by Gasteiger charge is -2.15. The highest BCUT2D eigenvalue weighted by Crippen LogP contribution is 2.39. The second kappa shape index (κ2) is 8.79. The standard InChI is InChI=1S/C26H19Cl2N3OS/c1-14-23(25(32)31-26-19(13-29)16-6-3-5-9-22(16)33-26)18-7-2-4-8-21(18)30-24(14)17-11-10-15(27)12-20(17)28/h2,4,7-8,10-12H,3,5-6,9H2,1H3,(H,31,32). The van der Waals surface area contributed by atoms with Crippen molar-refractivity contribution in [2.75, 3.05) is 5.32 Å². The summed E-state index contributed by atoms with van der Waals surface area (Å²) in [5.74, 6) is -0.257. The number of amides is 1. The van der Waals surface area contributed by atoms with E-state index in [0.29, 0.717) is 42.9 Å². The number of benzene rings is 2. The molecular formula is C26H19Cl2N3OS. The normalized spacial score (nSPS) is 12.9. The molecule has 2 aromatic carbocycles. The number of rotatable bonds is 3. The molecule has 7 heteroatoms. The number of hydrogen-bond donors (Lipinski definition) is 1. The van der Waals surface area contributed by atoms with E-state index in [0.717, 1.165) is 42.2 Å². The number of carbonyl (C=O) groups is 1. The van der Waals surface area contributed by atoms with Gasteiger partial charge in [0, 0.05) is 20.8 Å². The van der Waals surface area contributed by atoms with Crippen LogP contribution >= 0.6 is 34.5 Å². The first-order valence-corrected chi connectivity index (χ1v) is 12.3. The van der Waals surface area contributed by atoms with Crippen molar-refractivity contribution < 1.29 is 4.79 Å². The minimum atomic E-state index is -0.257. The minimum Gasteiger partial charge on any atom is -0.312 e. The lowest BCUT2D eigenvalue weighted by molar-refractivity contribution is 0.102. The molecule has 1 aliphatic carbocycles. The summed E-state index contributed by atoms with van der Waals surface area (Å²) in [6, 6.07) is 15.1. The van der Waals surface area contributed by atoms with E-state index >= 15 is 0 Å². The Balaban J connectivity index is 1.65. The van der Waals surface area contributed by atoms with Gasteiger partial charge in [0.05, 0.1) is 27.4 Å². The quantitative estimate of drug-likeness (QED) is 0.321. The van der Waals surface area contributed by atoms with Gasteiger partial charge in [-0.2, -0.15) is 5.26 Å². The van der Waals surface area contributed by atoms with E-state index in [1.807, 2.05) is 37.3 Å². The lowest BCUT2D eigenvalue weighted by Crippen LogP contribution is -2.15. The smallest absolute Gasteiger partial charge is 0.257 e. The van der Waals surface area contributed by atoms with Crippen LogP contribution < -0.4 is 5.32 Å². The van der Waals surface area contributed by atoms with Crippen LogP contribution in [0.1, 0.15) is 44.8 Å². The Kier molecular flexibility index (Phi) is 5.84. The Morgan fingerprint density at radius 1 is 1.15 bits per heavy atom. The Labute approximate surface area is 205 Å². The minimum absolute atomic E-state index is 0.257. The van der Waals surface area contributed by atoms with Crippen LogP contribution in [0.15, 0.2) is 42.5 Å². The fraction of sp³-hybridized carbons (Fsp3) is 0.192. The van der Waals surface area contributed by atoms with Crippen LogP contribution in [0.25, 0.3) is 22.2 Å². The van der Waals surface area contributed by atoms with Crippen molar-refractivity contribution in [3.63, 3.8) is 0 Å². The van der Waals surface area contributed by atoms with Crippen molar-refractivity contribution >= 4 is 56.3 Å². The van der Waals surface area contributed by atoms with Gasteiger partial charge in [-0.05, 0) is 68.0 Å². The van der Waals surface area contributed by atoms with Gasteiger partial charge in [0.1, 0.15) is 11.1 Å². The van der Waals surface area contributed by atoms with Crippen molar-refractivity contribution in [3.05, 3.63) is 79.6 Å². The predicted octanol–water partition coefficient (Wildman–Crippen LogP) is 7.58. The maximum atomic E-state index is 13.7. The molecule has 0 saturated carbocycles. The molecule has 0 radical (unpaired) electrons. The molecular weight excluding hydrogens is 473 g/mol. The molecule has 0 bridgehead atoms. The maximum absolute atomic E-state index is 13.7. The summed E-state index contributed by atoms with van der Waals surface area (Å²) in [5, 5.41) is 15.2. The summed E-state index contributed by atoms with van der Waals surface area (Å²) in [6.45, 7) is 1.87. The van der Waals surface area contributed by atoms with Crippen molar-refractivity contribution in [2.24, 2.45) is 0 Å². The zero-order valence-corrected chi connectivity index (χ0v) is 20.2. The third-order valence-electron chi connectivity index (χ3n) is 6.06. The van der Waals surface area contributed by atoms with E-state index < -0.39 is 0 Å². The molecule has 1 N–H and O–H groups in total. The fourth-order valence-corrected chi connectivity index (χ4v) is 6.21. The fourth-order valence-electron chi connectivity index (χ4n) is 4.48. The van der Waals surface area contributed by atoms with Crippen LogP contribution in [0.2, 0.25) is 10.0 Å². The van der Waals surface area contributed by atoms with Gasteiger partial charge < -0.3 is 5.32 Å². The van der Waals surface area contributed by atoms with E-state index in [2.05, 4.69) is 11.4 Å². The van der Waals surface area contributed by atoms with Gasteiger partial charge >= 0.3 is 0 Å². The van der Waals surface area contributed by atoms with Gasteiger partial charge in [-0.3, -0.25) is 4.79 Å². The van der Waals surface area contributed by atoms with E-state index in [1.165, 1.54) is 16.2 Å². The van der Waals surface area contributed by atoms with Gasteiger partial charge in [-0.15, -0.1) is 11.3 Å². The average molecular weight is 492 g/mol. The molecule has 5 rings (SSSR count). The third-order valence-corrected chi connectivity index (χ3v) is 7.81. The second-order valence-electron chi connectivity index (χ2n) is 8.08. The first-order chi connectivity index (χ1) is 16.0. The summed E-state index contributed by atoms with van der Waals surface area (Å²) in [6.07, 6.45) is 4.04. The number of nitriles is 1. The molecule has 1 amide bonds. The molecule has 0 saturated heterocycles. The Hall–Kier alpha value is -2.91. The van der Waals surface area contributed by atoms with Crippen LogP contribution in [0.3, 0.4) is 0 Å². The summed E-state index contributed by atoms with van der Waals surface area (Å²) < 4.78 is 0. The van der Waals surface area contributed by atoms with Crippen molar-refractivity contribution in [1.29, 1.82) is 5.26 Å². The molecule has 2 aromatic heterocycles. The molecule has 0 atom stereocenters. The van der Waals surface area contributed by atoms with Crippen LogP contribution in [0, 0.1) is 18.3 Å². The number of pyridine rings is 1. The average Bonchev–Trinajstić information content (AvgIpc) is 3.15. The number of halogens is 2. The molecule has 164 valence electrons. The molecule has 0 spiro atoms. The molecule has 4 aromatic rings. The number of aryl methyl sites for hydroxylation is 1. The van der Waals surface area contributed by atoms with Crippen LogP contribution in [0.4, 0.5) is 5.00 Å². The summed E-state index contributed by atoms with van der Waals surface area (Å²) in [5.41, 5.74) is 4.97. The molecule has 1 aliphatic rings. The van der Waals surface area contributed by atoms with Gasteiger partial charge in [0.2, 0.25) is 0 Å². The first-order valence-electron chi connectivity index (χ1n) is 10.7. The first kappa shape index (κ1) is 21.9. The van der Waals surface area contributed by atoms with Gasteiger partial charge in [0.15, 0.2) is 0 Å². The topological polar surface area (TPSA) is 65.8 Å². The highest BCUT2D eigenvalue weighted by Gasteiger charge is 2.25. The number of nitrogens with one attached hydrogen (secondary N) is 1. The molecule has 33 heavy (non-hydrogen) atoms. The maximum Gasteiger partial charge on any atom is 0.257 e. The highest BCUT2D eigenvalue weighted by molar-refractivity contribution is 7.16. The van der Waals surface area contributed by atoms with E-state index in [4.69, 9.17) is 28.2 Å². The van der Waals surface area contributed by atoms with Crippen molar-refractivity contribution in [1.82, 2.24) is 4.98 Å². The number of fused-ring (bicyclic) bond motifs is 2. The van der Waals surface area contributed by atoms with Crippen molar-refractivity contribution in [2.45, 2.75) is 32.6 Å². The molecule has 0 unspecified atom stereocenters. The summed E-state index contributed by atoms with van der Waals surface area (Å²) >= 11 is 14.1. The predicted molar refractivity (Wildman–Crippen MR) is 136 cm³/mol. The number of anilines is 1. The third kappa shape index (κ3) is 3.89. The number of carbonyl (C=O) groups excluding carboxylic acids is 1. The number of nitrogens with zero attached hydrogens (tertiary/aromatic N) is 2. The van der Waals surface area contributed by atoms with E-state index in [-0.39, 0.29) is 5.91 Å². The van der Waals surface area contributed by atoms with Gasteiger partial charge in [-0.1, -0.05) is 41.4 Å². The zero-order valence-electron chi connectivity index (χ0n) is 17.8. The molecule has 4 nitrogen and oxygen atoms in total. The van der Waals surface area contributed by atoms with E-state index in [9.17, 15) is 10.1 Å². The monoisotopic (exact) mass is 491 g/mol. The van der Waals surface area contributed by atoms with Crippen LogP contribution in [-0.4, -0.2) is 10.9 Å². The molecule has 2 heterocycles. The summed E-state index contributed by atoms with van der Waals surface area (Å²) in [4.78, 5) is 19.7. The van der Waals surface area contributed by atoms with Crippen LogP contribution in [0.5, 0.6) is 0 Å². The summed E-state index contributed by atoms with van der Waals surface area (Å²) in [7, 11) is 0.